The molecule has 0 radical (unpaired) electrons. The van der Waals surface area contributed by atoms with Gasteiger partial charge in [0.15, 0.2) is 6.29 Å². The molecule has 0 amide bonds. The van der Waals surface area contributed by atoms with E-state index in [2.05, 4.69) is 22.9 Å². The molecule has 0 aromatic heterocycles. The van der Waals surface area contributed by atoms with E-state index >= 15 is 0 Å². The van der Waals surface area contributed by atoms with Gasteiger partial charge in [0.1, 0.15) is 0 Å². The van der Waals surface area contributed by atoms with Gasteiger partial charge in [-0.05, 0) is 12.8 Å². The van der Waals surface area contributed by atoms with Gasteiger partial charge in [0.25, 0.3) is 0 Å². The fourth-order valence-electron chi connectivity index (χ4n) is 3.78. The van der Waals surface area contributed by atoms with Crippen molar-refractivity contribution in [2.45, 2.75) is 133 Å². The standard InChI is InChI=1S/C23H45BrO3/c1-2-3-4-5-6-7-8-9-10-11-12-13-14-15-16-17-22(24)23-26-19-18-21(20-25)27-23/h21-23,25H,2-20H2,1H3/t21-,22?,23?/m0/s1. The molecule has 1 N–H and O–H groups in total. The smallest absolute Gasteiger partial charge is 0.170 e. The molecule has 0 aromatic carbocycles. The van der Waals surface area contributed by atoms with Crippen molar-refractivity contribution in [3.05, 3.63) is 0 Å². The lowest BCUT2D eigenvalue weighted by atomic mass is 10.0. The number of ether oxygens (including phenoxy) is 2. The Labute approximate surface area is 177 Å². The molecule has 3 atom stereocenters. The second kappa shape index (κ2) is 18.4. The van der Waals surface area contributed by atoms with Crippen LogP contribution in [0.5, 0.6) is 0 Å². The Morgan fingerprint density at radius 2 is 1.30 bits per heavy atom. The number of hydrogen-bond acceptors (Lipinski definition) is 3. The predicted molar refractivity (Wildman–Crippen MR) is 119 cm³/mol. The van der Waals surface area contributed by atoms with Gasteiger partial charge in [0.05, 0.1) is 24.1 Å². The first kappa shape index (κ1) is 25.4. The summed E-state index contributed by atoms with van der Waals surface area (Å²) >= 11 is 3.71. The average Bonchev–Trinajstić information content (AvgIpc) is 2.70. The third-order valence-corrected chi connectivity index (χ3v) is 6.52. The lowest BCUT2D eigenvalue weighted by Gasteiger charge is -2.32. The first-order valence-corrected chi connectivity index (χ1v) is 12.7. The van der Waals surface area contributed by atoms with E-state index in [0.717, 1.165) is 12.8 Å². The summed E-state index contributed by atoms with van der Waals surface area (Å²) in [4.78, 5) is 0.244. The number of rotatable bonds is 18. The van der Waals surface area contributed by atoms with E-state index in [0.29, 0.717) is 6.61 Å². The van der Waals surface area contributed by atoms with Crippen molar-refractivity contribution >= 4 is 15.9 Å². The summed E-state index contributed by atoms with van der Waals surface area (Å²) in [7, 11) is 0. The van der Waals surface area contributed by atoms with Crippen LogP contribution in [0.1, 0.15) is 116 Å². The summed E-state index contributed by atoms with van der Waals surface area (Å²) in [6, 6.07) is 0. The zero-order chi connectivity index (χ0) is 19.6. The third kappa shape index (κ3) is 14.1. The molecular formula is C23H45BrO3. The first-order valence-electron chi connectivity index (χ1n) is 11.8. The molecule has 162 valence electrons. The number of halogens is 1. The Bertz CT molecular complexity index is 314. The lowest BCUT2D eigenvalue weighted by molar-refractivity contribution is -0.218. The fraction of sp³-hybridized carbons (Fsp3) is 1.00. The van der Waals surface area contributed by atoms with Crippen molar-refractivity contribution in [2.75, 3.05) is 13.2 Å². The average molecular weight is 450 g/mol. The van der Waals surface area contributed by atoms with Gasteiger partial charge in [0, 0.05) is 0 Å². The van der Waals surface area contributed by atoms with Gasteiger partial charge >= 0.3 is 0 Å². The monoisotopic (exact) mass is 448 g/mol. The molecule has 0 aliphatic carbocycles. The molecule has 0 saturated carbocycles. The Balaban J connectivity index is 1.80. The van der Waals surface area contributed by atoms with Crippen LogP contribution in [0.25, 0.3) is 0 Å². The Morgan fingerprint density at radius 3 is 1.78 bits per heavy atom. The molecule has 1 rings (SSSR count). The van der Waals surface area contributed by atoms with Gasteiger partial charge in [-0.25, -0.2) is 0 Å². The molecule has 1 aliphatic rings. The van der Waals surface area contributed by atoms with Gasteiger partial charge in [0.2, 0.25) is 0 Å². The normalized spacial score (nSPS) is 21.4. The number of aliphatic hydroxyl groups excluding tert-OH is 1. The minimum absolute atomic E-state index is 0.0511. The molecule has 3 nitrogen and oxygen atoms in total. The summed E-state index contributed by atoms with van der Waals surface area (Å²) in [5.74, 6) is 0. The number of alkyl halides is 1. The van der Waals surface area contributed by atoms with E-state index in [-0.39, 0.29) is 23.8 Å². The number of unbranched alkanes of at least 4 members (excludes halogenated alkanes) is 14. The van der Waals surface area contributed by atoms with Crippen molar-refractivity contribution < 1.29 is 14.6 Å². The van der Waals surface area contributed by atoms with Crippen LogP contribution in [0.2, 0.25) is 0 Å². The molecule has 1 aliphatic heterocycles. The zero-order valence-corrected chi connectivity index (χ0v) is 19.4. The topological polar surface area (TPSA) is 38.7 Å². The maximum absolute atomic E-state index is 9.21. The van der Waals surface area contributed by atoms with Crippen LogP contribution >= 0.6 is 15.9 Å². The van der Waals surface area contributed by atoms with E-state index in [1.54, 1.807) is 0 Å². The van der Waals surface area contributed by atoms with Crippen LogP contribution in [0.4, 0.5) is 0 Å². The molecule has 1 saturated heterocycles. The van der Waals surface area contributed by atoms with Crippen molar-refractivity contribution in [3.8, 4) is 0 Å². The molecule has 0 spiro atoms. The summed E-state index contributed by atoms with van der Waals surface area (Å²) < 4.78 is 11.4. The van der Waals surface area contributed by atoms with Crippen molar-refractivity contribution in [1.29, 1.82) is 0 Å². The second-order valence-electron chi connectivity index (χ2n) is 8.22. The lowest BCUT2D eigenvalue weighted by Crippen LogP contribution is -2.39. The van der Waals surface area contributed by atoms with E-state index in [1.807, 2.05) is 0 Å². The molecular weight excluding hydrogens is 404 g/mol. The fourth-order valence-corrected chi connectivity index (χ4v) is 4.38. The van der Waals surface area contributed by atoms with Crippen LogP contribution in [0.3, 0.4) is 0 Å². The van der Waals surface area contributed by atoms with Crippen molar-refractivity contribution in [2.24, 2.45) is 0 Å². The minimum Gasteiger partial charge on any atom is -0.394 e. The van der Waals surface area contributed by atoms with Gasteiger partial charge < -0.3 is 14.6 Å². The molecule has 1 heterocycles. The highest BCUT2D eigenvalue weighted by Gasteiger charge is 2.27. The summed E-state index contributed by atoms with van der Waals surface area (Å²) in [5, 5.41) is 9.21. The van der Waals surface area contributed by atoms with E-state index in [1.165, 1.54) is 96.3 Å². The van der Waals surface area contributed by atoms with Crippen LogP contribution < -0.4 is 0 Å². The SMILES string of the molecule is CCCCCCCCCCCCCCCCCC(Br)C1OCC[C@@H](CO)O1. The zero-order valence-electron chi connectivity index (χ0n) is 17.8. The van der Waals surface area contributed by atoms with Gasteiger partial charge in [-0.3, -0.25) is 0 Å². The first-order chi connectivity index (χ1) is 13.3. The maximum Gasteiger partial charge on any atom is 0.170 e. The van der Waals surface area contributed by atoms with Crippen LogP contribution in [-0.4, -0.2) is 35.5 Å². The van der Waals surface area contributed by atoms with Crippen LogP contribution in [0.15, 0.2) is 0 Å². The molecule has 4 heteroatoms. The van der Waals surface area contributed by atoms with Gasteiger partial charge in [-0.1, -0.05) is 119 Å². The van der Waals surface area contributed by atoms with E-state index < -0.39 is 0 Å². The Kier molecular flexibility index (Phi) is 17.3. The molecule has 2 unspecified atom stereocenters. The Hall–Kier alpha value is 0.360. The third-order valence-electron chi connectivity index (χ3n) is 5.63. The minimum atomic E-state index is -0.192. The van der Waals surface area contributed by atoms with Crippen molar-refractivity contribution in [3.63, 3.8) is 0 Å². The second-order valence-corrected chi connectivity index (χ2v) is 9.40. The van der Waals surface area contributed by atoms with Gasteiger partial charge in [-0.2, -0.15) is 0 Å². The van der Waals surface area contributed by atoms with Gasteiger partial charge in [-0.15, -0.1) is 0 Å². The number of hydrogen-bond donors (Lipinski definition) is 1. The summed E-state index contributed by atoms with van der Waals surface area (Å²) in [6.45, 7) is 3.07. The van der Waals surface area contributed by atoms with E-state index in [9.17, 15) is 5.11 Å². The largest absolute Gasteiger partial charge is 0.394 e. The van der Waals surface area contributed by atoms with E-state index in [4.69, 9.17) is 9.47 Å². The molecule has 1 fully saturated rings. The molecule has 27 heavy (non-hydrogen) atoms. The highest BCUT2D eigenvalue weighted by Crippen LogP contribution is 2.24. The summed E-state index contributed by atoms with van der Waals surface area (Å²) in [5.41, 5.74) is 0. The highest BCUT2D eigenvalue weighted by molar-refractivity contribution is 9.09. The number of aliphatic hydroxyl groups is 1. The Morgan fingerprint density at radius 1 is 0.815 bits per heavy atom. The van der Waals surface area contributed by atoms with Crippen LogP contribution in [-0.2, 0) is 9.47 Å². The predicted octanol–water partition coefficient (Wildman–Crippen LogP) is 7.14. The van der Waals surface area contributed by atoms with Crippen molar-refractivity contribution in [1.82, 2.24) is 0 Å². The molecule has 0 bridgehead atoms. The molecule has 0 aromatic rings. The van der Waals surface area contributed by atoms with Crippen LogP contribution in [0, 0.1) is 0 Å². The summed E-state index contributed by atoms with van der Waals surface area (Å²) in [6.07, 6.45) is 22.6. The highest BCUT2D eigenvalue weighted by atomic mass is 79.9. The quantitative estimate of drug-likeness (QED) is 0.179. The maximum atomic E-state index is 9.21.